The first-order chi connectivity index (χ1) is 23.8. The van der Waals surface area contributed by atoms with Gasteiger partial charge < -0.3 is 47.0 Å². The molecule has 0 bridgehead atoms. The van der Waals surface area contributed by atoms with Crippen LogP contribution in [0, 0.1) is 29.6 Å². The maximum Gasteiger partial charge on any atom is 0.306 e. The van der Waals surface area contributed by atoms with Crippen molar-refractivity contribution in [1.29, 1.82) is 0 Å². The number of aliphatic hydroxyl groups is 2. The van der Waals surface area contributed by atoms with Crippen molar-refractivity contribution in [2.24, 2.45) is 29.6 Å². The average molecular weight is 746 g/mol. The molecule has 16 nitrogen and oxygen atoms in total. The van der Waals surface area contributed by atoms with E-state index in [1.807, 2.05) is 41.5 Å². The largest absolute Gasteiger partial charge is 0.481 e. The third kappa shape index (κ3) is 22.9. The van der Waals surface area contributed by atoms with Crippen molar-refractivity contribution in [2.45, 2.75) is 158 Å². The number of carbonyl (C=O) groups is 7. The van der Waals surface area contributed by atoms with Crippen molar-refractivity contribution in [2.75, 3.05) is 0 Å². The summed E-state index contributed by atoms with van der Waals surface area (Å²) in [4.78, 5) is 84.9. The number of carbonyl (C=O) groups excluding carboxylic acids is 5. The van der Waals surface area contributed by atoms with Crippen molar-refractivity contribution < 1.29 is 54.0 Å². The highest BCUT2D eigenvalue weighted by molar-refractivity contribution is 5.92. The Morgan fingerprint density at radius 2 is 0.846 bits per heavy atom. The number of nitrogens with one attached hydrogen (secondary N) is 5. The number of aliphatic carboxylic acids is 2. The average Bonchev–Trinajstić information content (AvgIpc) is 2.95. The van der Waals surface area contributed by atoms with Crippen LogP contribution >= 0.6 is 0 Å². The van der Waals surface area contributed by atoms with Crippen LogP contribution in [0.25, 0.3) is 0 Å². The number of hydrogen-bond donors (Lipinski definition) is 9. The van der Waals surface area contributed by atoms with E-state index in [1.165, 1.54) is 6.92 Å². The third-order valence-electron chi connectivity index (χ3n) is 7.69. The first-order valence-corrected chi connectivity index (χ1v) is 18.1. The monoisotopic (exact) mass is 745 g/mol. The zero-order valence-electron chi connectivity index (χ0n) is 33.1. The number of rotatable bonds is 22. The summed E-state index contributed by atoms with van der Waals surface area (Å²) in [6.07, 6.45) is -2.76. The van der Waals surface area contributed by atoms with Crippen molar-refractivity contribution in [3.8, 4) is 0 Å². The maximum absolute atomic E-state index is 13.5. The van der Waals surface area contributed by atoms with Gasteiger partial charge in [-0.25, -0.2) is 0 Å². The highest BCUT2D eigenvalue weighted by Crippen LogP contribution is 2.15. The second-order valence-electron chi connectivity index (χ2n) is 15.4. The summed E-state index contributed by atoms with van der Waals surface area (Å²) in [5.74, 6) is -5.08. The van der Waals surface area contributed by atoms with Gasteiger partial charge in [-0.3, -0.25) is 33.6 Å². The van der Waals surface area contributed by atoms with Crippen molar-refractivity contribution in [3.05, 3.63) is 0 Å². The number of aliphatic hydroxyl groups excluding tert-OH is 2. The van der Waals surface area contributed by atoms with Crippen LogP contribution < -0.4 is 26.6 Å². The molecular formula is C36H67N5O11. The van der Waals surface area contributed by atoms with Gasteiger partial charge in [-0.1, -0.05) is 69.2 Å². The van der Waals surface area contributed by atoms with Crippen LogP contribution in [0.1, 0.15) is 115 Å². The number of carboxylic acids is 2. The molecule has 0 fully saturated rings. The minimum absolute atomic E-state index is 0.0152. The molecule has 0 saturated carbocycles. The number of hydrogen-bond acceptors (Lipinski definition) is 9. The molecule has 0 aliphatic rings. The second kappa shape index (κ2) is 25.2. The number of amides is 5. The van der Waals surface area contributed by atoms with Crippen LogP contribution in [0.2, 0.25) is 0 Å². The quantitative estimate of drug-likeness (QED) is 0.0768. The van der Waals surface area contributed by atoms with E-state index in [0.29, 0.717) is 12.8 Å². The first kappa shape index (κ1) is 50.3. The van der Waals surface area contributed by atoms with E-state index in [9.17, 15) is 39.0 Å². The summed E-state index contributed by atoms with van der Waals surface area (Å²) in [5, 5.41) is 51.3. The normalized spacial score (nSPS) is 15.4. The maximum atomic E-state index is 13.5. The highest BCUT2D eigenvalue weighted by Gasteiger charge is 2.34. The van der Waals surface area contributed by atoms with Gasteiger partial charge in [0.1, 0.15) is 18.1 Å². The van der Waals surface area contributed by atoms with Gasteiger partial charge in [-0.05, 0) is 49.4 Å². The van der Waals surface area contributed by atoms with E-state index in [-0.39, 0.29) is 41.9 Å². The first-order valence-electron chi connectivity index (χ1n) is 18.1. The minimum Gasteiger partial charge on any atom is -0.481 e. The Kier molecular flexibility index (Phi) is 24.4. The van der Waals surface area contributed by atoms with E-state index < -0.39 is 90.8 Å². The predicted molar refractivity (Wildman–Crippen MR) is 196 cm³/mol. The van der Waals surface area contributed by atoms with E-state index in [2.05, 4.69) is 26.6 Å². The van der Waals surface area contributed by atoms with Gasteiger partial charge in [0, 0.05) is 13.3 Å². The molecule has 0 aliphatic carbocycles. The Morgan fingerprint density at radius 3 is 1.23 bits per heavy atom. The topological polar surface area (TPSA) is 261 Å². The van der Waals surface area contributed by atoms with Gasteiger partial charge in [0.25, 0.3) is 5.97 Å². The van der Waals surface area contributed by atoms with E-state index in [0.717, 1.165) is 6.92 Å². The van der Waals surface area contributed by atoms with Gasteiger partial charge in [-0.2, -0.15) is 0 Å². The fraction of sp³-hybridized carbons (Fsp3) is 0.806. The third-order valence-corrected chi connectivity index (χ3v) is 7.69. The van der Waals surface area contributed by atoms with Gasteiger partial charge in [0.05, 0.1) is 37.1 Å². The molecule has 0 aromatic rings. The van der Waals surface area contributed by atoms with Crippen LogP contribution in [0.5, 0.6) is 0 Å². The number of carboxylic acid groups (broad SMARTS) is 2. The highest BCUT2D eigenvalue weighted by atomic mass is 16.4. The summed E-state index contributed by atoms with van der Waals surface area (Å²) in [7, 11) is 0. The molecule has 7 atom stereocenters. The lowest BCUT2D eigenvalue weighted by molar-refractivity contribution is -0.140. The lowest BCUT2D eigenvalue weighted by Crippen LogP contribution is -2.59. The standard InChI is InChI=1S/C34H63N5O9.C2H4O2/c1-17(2)12-23(37-33(47)31(21(9)10)39-34(48)30(20(7)8)38-27(42)14-19(5)6)25(40)15-28(43)35-22(11)32(46)36-24(13-18(3)4)26(41)16-29(44)45;1-2(3)4/h17-26,30-31,40-41H,12-16H2,1-11H3,(H,35,43)(H,36,46)(H,37,47)(H,38,42)(H,39,48)(H,44,45);1H3,(H,3,4)/t22-,23-,24-,25-,26-,30-,31-;/m0./s1. The van der Waals surface area contributed by atoms with Crippen molar-refractivity contribution in [1.82, 2.24) is 26.6 Å². The molecule has 0 unspecified atom stereocenters. The van der Waals surface area contributed by atoms with Gasteiger partial charge in [0.15, 0.2) is 0 Å². The predicted octanol–water partition coefficient (Wildman–Crippen LogP) is 1.56. The molecule has 0 spiro atoms. The fourth-order valence-corrected chi connectivity index (χ4v) is 5.16. The van der Waals surface area contributed by atoms with E-state index in [1.54, 1.807) is 27.7 Å². The summed E-state index contributed by atoms with van der Waals surface area (Å²) in [5.41, 5.74) is 0. The van der Waals surface area contributed by atoms with Crippen LogP contribution in [0.4, 0.5) is 0 Å². The van der Waals surface area contributed by atoms with Gasteiger partial charge >= 0.3 is 5.97 Å². The van der Waals surface area contributed by atoms with Crippen LogP contribution in [0.15, 0.2) is 0 Å². The summed E-state index contributed by atoms with van der Waals surface area (Å²) < 4.78 is 0. The molecule has 0 aromatic carbocycles. The van der Waals surface area contributed by atoms with E-state index >= 15 is 0 Å². The Morgan fingerprint density at radius 1 is 0.481 bits per heavy atom. The molecule has 0 rings (SSSR count). The molecule has 16 heteroatoms. The Bertz CT molecular complexity index is 1160. The van der Waals surface area contributed by atoms with Crippen molar-refractivity contribution >= 4 is 41.5 Å². The molecule has 9 N–H and O–H groups in total. The summed E-state index contributed by atoms with van der Waals surface area (Å²) >= 11 is 0. The molecule has 5 amide bonds. The van der Waals surface area contributed by atoms with Gasteiger partial charge in [-0.15, -0.1) is 0 Å². The molecule has 0 aliphatic heterocycles. The molecule has 52 heavy (non-hydrogen) atoms. The zero-order valence-corrected chi connectivity index (χ0v) is 33.1. The lowest BCUT2D eigenvalue weighted by Gasteiger charge is -2.31. The van der Waals surface area contributed by atoms with Crippen LogP contribution in [-0.4, -0.2) is 104 Å². The molecule has 0 radical (unpaired) electrons. The Balaban J connectivity index is 0. The lowest BCUT2D eigenvalue weighted by atomic mass is 9.95. The summed E-state index contributed by atoms with van der Waals surface area (Å²) in [6, 6.07) is -4.61. The van der Waals surface area contributed by atoms with Crippen LogP contribution in [0.3, 0.4) is 0 Å². The minimum atomic E-state index is -1.33. The molecule has 0 heterocycles. The molecule has 302 valence electrons. The van der Waals surface area contributed by atoms with E-state index in [4.69, 9.17) is 15.0 Å². The van der Waals surface area contributed by atoms with Gasteiger partial charge in [0.2, 0.25) is 29.5 Å². The summed E-state index contributed by atoms with van der Waals surface area (Å²) in [6.45, 7) is 20.9. The molecular weight excluding hydrogens is 678 g/mol. The zero-order chi connectivity index (χ0) is 41.0. The Hall–Kier alpha value is -3.79. The van der Waals surface area contributed by atoms with Crippen LogP contribution in [-0.2, 0) is 33.6 Å². The second-order valence-corrected chi connectivity index (χ2v) is 15.4. The van der Waals surface area contributed by atoms with Crippen molar-refractivity contribution in [3.63, 3.8) is 0 Å². The Labute approximate surface area is 309 Å². The SMILES string of the molecule is CC(=O)O.CC(C)CC(=O)N[C@H](C(=O)N[C@H](C(=O)N[C@@H](CC(C)C)[C@@H](O)CC(=O)N[C@@H](C)C(=O)N[C@@H](CC(C)C)[C@@H](O)CC(=O)O)C(C)C)C(C)C. The molecule has 0 aromatic heterocycles. The molecule has 0 saturated heterocycles. The smallest absolute Gasteiger partial charge is 0.306 e. The fourth-order valence-electron chi connectivity index (χ4n) is 5.16.